The molecule has 3 rings (SSSR count). The highest BCUT2D eigenvalue weighted by Crippen LogP contribution is 2.42. The van der Waals surface area contributed by atoms with E-state index in [4.69, 9.17) is 12.2 Å². The number of benzene rings is 2. The van der Waals surface area contributed by atoms with Gasteiger partial charge in [0.05, 0.1) is 15.9 Å². The van der Waals surface area contributed by atoms with E-state index in [2.05, 4.69) is 26.3 Å². The van der Waals surface area contributed by atoms with Crippen LogP contribution in [-0.2, 0) is 0 Å². The normalized spacial score (nSPS) is 17.6. The van der Waals surface area contributed by atoms with E-state index in [1.807, 2.05) is 0 Å². The molecule has 1 aliphatic heterocycles. The first-order valence-electron chi connectivity index (χ1n) is 9.08. The Hall–Kier alpha value is -2.74. The van der Waals surface area contributed by atoms with Gasteiger partial charge in [-0.2, -0.15) is 10.2 Å². The molecular formula is C19H18BrN5O5S2. The quantitative estimate of drug-likeness (QED) is 0.163. The number of nitrogens with zero attached hydrogens (tertiary/aromatic N) is 4. The molecule has 2 aromatic carbocycles. The van der Waals surface area contributed by atoms with Gasteiger partial charge in [0.25, 0.3) is 5.69 Å². The van der Waals surface area contributed by atoms with E-state index in [1.54, 1.807) is 26.0 Å². The fourth-order valence-corrected chi connectivity index (χ4v) is 5.10. The molecule has 1 heterocycles. The first-order chi connectivity index (χ1) is 15.0. The van der Waals surface area contributed by atoms with Crippen molar-refractivity contribution in [2.24, 2.45) is 5.10 Å². The highest BCUT2D eigenvalue weighted by atomic mass is 79.9. The molecule has 13 heteroatoms. The maximum atomic E-state index is 12.7. The number of carbonyl (C=O) groups is 1. The van der Waals surface area contributed by atoms with Crippen molar-refractivity contribution in [3.8, 4) is 5.75 Å². The smallest absolute Gasteiger partial charge is 0.347 e. The fourth-order valence-electron chi connectivity index (χ4n) is 2.94. The van der Waals surface area contributed by atoms with Gasteiger partial charge >= 0.3 is 6.03 Å². The lowest BCUT2D eigenvalue weighted by Crippen LogP contribution is -2.54. The zero-order valence-corrected chi connectivity index (χ0v) is 20.0. The van der Waals surface area contributed by atoms with Crippen molar-refractivity contribution in [1.29, 1.82) is 0 Å². The molecule has 0 radical (unpaired) electrons. The number of non-ortho nitro benzene ring substituents is 1. The number of hydrazone groups is 1. The summed E-state index contributed by atoms with van der Waals surface area (Å²) in [6.45, 7) is 3.59. The number of phenols is 1. The summed E-state index contributed by atoms with van der Waals surface area (Å²) >= 11 is 9.96. The number of hydrogen-bond acceptors (Lipinski definition) is 8. The summed E-state index contributed by atoms with van der Waals surface area (Å²) < 4.78 is 0.334. The number of urea groups is 1. The Morgan fingerprint density at radius 2 is 2.03 bits per heavy atom. The number of nitrogens with one attached hydrogen (secondary N) is 1. The maximum Gasteiger partial charge on any atom is 0.347 e. The van der Waals surface area contributed by atoms with Gasteiger partial charge in [0, 0.05) is 27.9 Å². The summed E-state index contributed by atoms with van der Waals surface area (Å²) in [6.07, 6.45) is 0.410. The third-order valence-electron chi connectivity index (χ3n) is 4.47. The lowest BCUT2D eigenvalue weighted by Gasteiger charge is -2.34. The molecule has 1 fully saturated rings. The summed E-state index contributed by atoms with van der Waals surface area (Å²) in [6, 6.07) is 9.15. The van der Waals surface area contributed by atoms with Gasteiger partial charge in [-0.15, -0.1) is 0 Å². The van der Waals surface area contributed by atoms with Gasteiger partial charge < -0.3 is 10.4 Å². The SMILES string of the molecule is CC1(C)SC(=S)N(/N=C\c2cc(Br)ccc2O)[C@@H]1N(O)C(=O)Nc1ccc([N+](=O)[O-])cc1. The number of amides is 2. The minimum Gasteiger partial charge on any atom is -0.507 e. The zero-order chi connectivity index (χ0) is 23.6. The number of halogens is 1. The number of hydrogen-bond donors (Lipinski definition) is 3. The molecule has 0 saturated carbocycles. The number of phenolic OH excluding ortho intramolecular Hbond substituents is 1. The van der Waals surface area contributed by atoms with Crippen LogP contribution in [0.3, 0.4) is 0 Å². The molecule has 0 bridgehead atoms. The molecule has 3 N–H and O–H groups in total. The molecule has 1 atom stereocenters. The second kappa shape index (κ2) is 9.40. The van der Waals surface area contributed by atoms with Crippen LogP contribution in [0.25, 0.3) is 0 Å². The largest absolute Gasteiger partial charge is 0.507 e. The minimum atomic E-state index is -0.969. The highest BCUT2D eigenvalue weighted by Gasteiger charge is 2.50. The summed E-state index contributed by atoms with van der Waals surface area (Å²) in [5, 5.41) is 40.1. The van der Waals surface area contributed by atoms with Crippen molar-refractivity contribution in [2.75, 3.05) is 5.32 Å². The number of nitro groups is 1. The minimum absolute atomic E-state index is 0.00213. The second-order valence-electron chi connectivity index (χ2n) is 7.22. The summed E-state index contributed by atoms with van der Waals surface area (Å²) in [5.74, 6) is 0.00213. The fraction of sp³-hybridized carbons (Fsp3) is 0.211. The standard InChI is InChI=1S/C19H18BrN5O5S2/c1-19(2)16(24(28)17(27)22-13-4-6-14(7-5-13)25(29)30)23(18(31)32-19)21-10-11-9-12(20)3-8-15(11)26/h3-10,16,26,28H,1-2H3,(H,22,27)/b21-10-/t16-/m1/s1. The van der Waals surface area contributed by atoms with Gasteiger partial charge in [-0.3, -0.25) is 15.3 Å². The Kier molecular flexibility index (Phi) is 7.03. The summed E-state index contributed by atoms with van der Waals surface area (Å²) in [5.41, 5.74) is 0.550. The van der Waals surface area contributed by atoms with Crippen LogP contribution in [0.2, 0.25) is 0 Å². The van der Waals surface area contributed by atoms with E-state index >= 15 is 0 Å². The molecule has 0 aromatic heterocycles. The van der Waals surface area contributed by atoms with Crippen LogP contribution in [0.5, 0.6) is 5.75 Å². The van der Waals surface area contributed by atoms with E-state index in [0.717, 1.165) is 4.47 Å². The second-order valence-corrected chi connectivity index (χ2v) is 10.4. The Labute approximate surface area is 201 Å². The van der Waals surface area contributed by atoms with Crippen LogP contribution in [0.4, 0.5) is 16.2 Å². The third-order valence-corrected chi connectivity index (χ3v) is 6.50. The van der Waals surface area contributed by atoms with Gasteiger partial charge in [0.15, 0.2) is 10.5 Å². The van der Waals surface area contributed by atoms with Crippen LogP contribution in [0.1, 0.15) is 19.4 Å². The number of thioether (sulfide) groups is 1. The predicted molar refractivity (Wildman–Crippen MR) is 129 cm³/mol. The monoisotopic (exact) mass is 539 g/mol. The van der Waals surface area contributed by atoms with Crippen LogP contribution >= 0.6 is 39.9 Å². The van der Waals surface area contributed by atoms with Gasteiger partial charge in [-0.05, 0) is 44.2 Å². The molecule has 168 valence electrons. The lowest BCUT2D eigenvalue weighted by molar-refractivity contribution is -0.384. The highest BCUT2D eigenvalue weighted by molar-refractivity contribution is 9.10. The Balaban J connectivity index is 1.82. The van der Waals surface area contributed by atoms with E-state index in [1.165, 1.54) is 53.3 Å². The van der Waals surface area contributed by atoms with Gasteiger partial charge in [-0.25, -0.2) is 9.80 Å². The Morgan fingerprint density at radius 1 is 1.38 bits per heavy atom. The average molecular weight is 540 g/mol. The van der Waals surface area contributed by atoms with Crippen LogP contribution in [0, 0.1) is 10.1 Å². The van der Waals surface area contributed by atoms with Crippen molar-refractivity contribution < 1.29 is 20.0 Å². The Morgan fingerprint density at radius 3 is 2.66 bits per heavy atom. The van der Waals surface area contributed by atoms with Crippen molar-refractivity contribution in [1.82, 2.24) is 10.1 Å². The Bertz CT molecular complexity index is 1100. The van der Waals surface area contributed by atoms with E-state index < -0.39 is 21.9 Å². The number of carbonyl (C=O) groups excluding carboxylic acids is 1. The molecule has 0 unspecified atom stereocenters. The van der Waals surface area contributed by atoms with Crippen LogP contribution in [0.15, 0.2) is 52.0 Å². The first kappa shape index (κ1) is 23.9. The van der Waals surface area contributed by atoms with Crippen molar-refractivity contribution in [3.05, 3.63) is 62.6 Å². The molecule has 2 aromatic rings. The van der Waals surface area contributed by atoms with Crippen molar-refractivity contribution in [3.63, 3.8) is 0 Å². The number of anilines is 1. The molecule has 0 aliphatic carbocycles. The first-order valence-corrected chi connectivity index (χ1v) is 11.1. The molecule has 10 nitrogen and oxygen atoms in total. The number of hydroxylamine groups is 2. The number of thiocarbonyl (C=S) groups is 1. The lowest BCUT2D eigenvalue weighted by atomic mass is 10.1. The van der Waals surface area contributed by atoms with Crippen LogP contribution in [-0.4, -0.2) is 52.8 Å². The van der Waals surface area contributed by atoms with Gasteiger partial charge in [0.1, 0.15) is 5.75 Å². The molecular weight excluding hydrogens is 522 g/mol. The maximum absolute atomic E-state index is 12.7. The average Bonchev–Trinajstić information content (AvgIpc) is 2.95. The number of rotatable bonds is 5. The zero-order valence-electron chi connectivity index (χ0n) is 16.8. The predicted octanol–water partition coefficient (Wildman–Crippen LogP) is 4.76. The van der Waals surface area contributed by atoms with Crippen molar-refractivity contribution in [2.45, 2.75) is 24.8 Å². The number of nitro benzene ring substituents is 1. The molecule has 0 spiro atoms. The molecule has 1 saturated heterocycles. The third kappa shape index (κ3) is 5.18. The topological polar surface area (TPSA) is 132 Å². The van der Waals surface area contributed by atoms with Crippen molar-refractivity contribution >= 4 is 67.9 Å². The van der Waals surface area contributed by atoms with Gasteiger partial charge in [0.2, 0.25) is 0 Å². The molecule has 32 heavy (non-hydrogen) atoms. The van der Waals surface area contributed by atoms with E-state index in [0.29, 0.717) is 14.9 Å². The summed E-state index contributed by atoms with van der Waals surface area (Å²) in [7, 11) is 0. The van der Waals surface area contributed by atoms with E-state index in [-0.39, 0.29) is 17.1 Å². The summed E-state index contributed by atoms with van der Waals surface area (Å²) in [4.78, 5) is 22.9. The number of aromatic hydroxyl groups is 1. The molecule has 2 amide bonds. The van der Waals surface area contributed by atoms with E-state index in [9.17, 15) is 25.2 Å². The van der Waals surface area contributed by atoms with Gasteiger partial charge in [-0.1, -0.05) is 39.9 Å². The molecule has 1 aliphatic rings. The van der Waals surface area contributed by atoms with Crippen LogP contribution < -0.4 is 5.32 Å².